The van der Waals surface area contributed by atoms with Crippen LogP contribution in [-0.4, -0.2) is 18.5 Å². The third kappa shape index (κ3) is 3.69. The summed E-state index contributed by atoms with van der Waals surface area (Å²) in [6.07, 6.45) is 3.34. The molecule has 1 heterocycles. The molecule has 0 aliphatic heterocycles. The van der Waals surface area contributed by atoms with Gasteiger partial charge in [-0.1, -0.05) is 6.92 Å². The average Bonchev–Trinajstić information content (AvgIpc) is 3.03. The highest BCUT2D eigenvalue weighted by Crippen LogP contribution is 2.31. The topological polar surface area (TPSA) is 55.1 Å². The lowest BCUT2D eigenvalue weighted by Gasteiger charge is -2.11. The van der Waals surface area contributed by atoms with Gasteiger partial charge in [0, 0.05) is 12.6 Å². The lowest BCUT2D eigenvalue weighted by molar-refractivity contribution is 0.0953. The zero-order chi connectivity index (χ0) is 11.5. The second kappa shape index (κ2) is 6.38. The van der Waals surface area contributed by atoms with Gasteiger partial charge in [0.25, 0.3) is 5.91 Å². The van der Waals surface area contributed by atoms with Crippen LogP contribution in [0.2, 0.25) is 0 Å². The minimum absolute atomic E-state index is 0. The number of thiophene rings is 1. The van der Waals surface area contributed by atoms with E-state index in [1.165, 1.54) is 24.2 Å². The summed E-state index contributed by atoms with van der Waals surface area (Å²) in [4.78, 5) is 12.7. The van der Waals surface area contributed by atoms with Crippen molar-refractivity contribution in [2.24, 2.45) is 11.7 Å². The van der Waals surface area contributed by atoms with Crippen molar-refractivity contribution in [3.8, 4) is 0 Å². The molecule has 5 heteroatoms. The van der Waals surface area contributed by atoms with Gasteiger partial charge in [0.05, 0.1) is 4.88 Å². The number of carbonyl (C=O) groups excluding carboxylic acids is 1. The molecule has 1 aliphatic rings. The van der Waals surface area contributed by atoms with Crippen LogP contribution in [0.25, 0.3) is 0 Å². The zero-order valence-corrected chi connectivity index (χ0v) is 11.6. The number of aryl methyl sites for hydroxylation is 1. The lowest BCUT2D eigenvalue weighted by Crippen LogP contribution is -2.38. The Labute approximate surface area is 112 Å². The number of nitrogens with one attached hydrogen (secondary N) is 1. The van der Waals surface area contributed by atoms with Gasteiger partial charge in [-0.25, -0.2) is 0 Å². The molecule has 0 aromatic carbocycles. The maximum absolute atomic E-state index is 11.9. The molecule has 2 rings (SSSR count). The first-order valence-electron chi connectivity index (χ1n) is 5.82. The van der Waals surface area contributed by atoms with Gasteiger partial charge in [-0.05, 0) is 42.2 Å². The van der Waals surface area contributed by atoms with Crippen molar-refractivity contribution < 1.29 is 4.79 Å². The van der Waals surface area contributed by atoms with Crippen molar-refractivity contribution in [1.29, 1.82) is 0 Å². The van der Waals surface area contributed by atoms with Gasteiger partial charge < -0.3 is 11.1 Å². The third-order valence-electron chi connectivity index (χ3n) is 3.06. The van der Waals surface area contributed by atoms with Crippen LogP contribution >= 0.6 is 23.7 Å². The average molecular weight is 275 g/mol. The number of rotatable bonds is 5. The highest BCUT2D eigenvalue weighted by atomic mass is 35.5. The maximum Gasteiger partial charge on any atom is 0.261 e. The van der Waals surface area contributed by atoms with Crippen LogP contribution in [0.3, 0.4) is 0 Å². The van der Waals surface area contributed by atoms with Crippen molar-refractivity contribution in [1.82, 2.24) is 5.32 Å². The van der Waals surface area contributed by atoms with E-state index in [0.29, 0.717) is 12.5 Å². The highest BCUT2D eigenvalue weighted by Gasteiger charge is 2.28. The smallest absolute Gasteiger partial charge is 0.261 e. The number of halogens is 1. The van der Waals surface area contributed by atoms with Crippen molar-refractivity contribution >= 4 is 29.7 Å². The molecule has 3 N–H and O–H groups in total. The van der Waals surface area contributed by atoms with Crippen molar-refractivity contribution in [3.63, 3.8) is 0 Å². The molecule has 0 bridgehead atoms. The standard InChI is InChI=1S/C12H18N2OS.ClH/c1-2-8-5-6-16-11(8)12(15)14-7-10(13)9-3-4-9;/h5-6,9-10H,2-4,7,13H2,1H3,(H,14,15);1H. The van der Waals surface area contributed by atoms with Crippen LogP contribution in [0.1, 0.15) is 35.0 Å². The van der Waals surface area contributed by atoms with Crippen molar-refractivity contribution in [2.75, 3.05) is 6.54 Å². The van der Waals surface area contributed by atoms with E-state index in [0.717, 1.165) is 16.9 Å². The number of hydrogen-bond acceptors (Lipinski definition) is 3. The summed E-state index contributed by atoms with van der Waals surface area (Å²) in [6.45, 7) is 2.67. The Morgan fingerprint density at radius 3 is 2.94 bits per heavy atom. The van der Waals surface area contributed by atoms with E-state index < -0.39 is 0 Å². The second-order valence-electron chi connectivity index (χ2n) is 4.34. The molecule has 3 nitrogen and oxygen atoms in total. The minimum Gasteiger partial charge on any atom is -0.350 e. The fourth-order valence-corrected chi connectivity index (χ4v) is 2.71. The van der Waals surface area contributed by atoms with Crippen molar-refractivity contribution in [3.05, 3.63) is 21.9 Å². The molecule has 1 aromatic rings. The van der Waals surface area contributed by atoms with E-state index in [1.54, 1.807) is 0 Å². The first-order valence-corrected chi connectivity index (χ1v) is 6.70. The Balaban J connectivity index is 0.00000144. The Bertz CT molecular complexity index is 376. The van der Waals surface area contributed by atoms with E-state index in [4.69, 9.17) is 5.73 Å². The maximum atomic E-state index is 11.9. The largest absolute Gasteiger partial charge is 0.350 e. The predicted molar refractivity (Wildman–Crippen MR) is 74.0 cm³/mol. The van der Waals surface area contributed by atoms with E-state index in [1.807, 2.05) is 11.4 Å². The number of hydrogen-bond donors (Lipinski definition) is 2. The molecule has 1 unspecified atom stereocenters. The summed E-state index contributed by atoms with van der Waals surface area (Å²) in [5.74, 6) is 0.664. The molecule has 17 heavy (non-hydrogen) atoms. The molecule has 0 saturated heterocycles. The Kier molecular flexibility index (Phi) is 5.43. The fourth-order valence-electron chi connectivity index (χ4n) is 1.80. The van der Waals surface area contributed by atoms with Gasteiger partial charge in [0.15, 0.2) is 0 Å². The zero-order valence-electron chi connectivity index (χ0n) is 9.94. The number of carbonyl (C=O) groups is 1. The van der Waals surface area contributed by atoms with Gasteiger partial charge in [-0.2, -0.15) is 0 Å². The molecule has 0 spiro atoms. The van der Waals surface area contributed by atoms with Crippen LogP contribution in [0.5, 0.6) is 0 Å². The first kappa shape index (κ1) is 14.5. The quantitative estimate of drug-likeness (QED) is 0.865. The fraction of sp³-hybridized carbons (Fsp3) is 0.583. The summed E-state index contributed by atoms with van der Waals surface area (Å²) in [5, 5.41) is 4.89. The number of amides is 1. The summed E-state index contributed by atoms with van der Waals surface area (Å²) in [7, 11) is 0. The van der Waals surface area contributed by atoms with Crippen LogP contribution in [0, 0.1) is 5.92 Å². The SMILES string of the molecule is CCc1ccsc1C(=O)NCC(N)C1CC1.Cl. The van der Waals surface area contributed by atoms with Gasteiger partial charge >= 0.3 is 0 Å². The molecule has 1 saturated carbocycles. The third-order valence-corrected chi connectivity index (χ3v) is 4.02. The van der Waals surface area contributed by atoms with Gasteiger partial charge in [-0.3, -0.25) is 4.79 Å². The van der Waals surface area contributed by atoms with E-state index in [9.17, 15) is 4.79 Å². The molecule has 1 amide bonds. The van der Waals surface area contributed by atoms with Gasteiger partial charge in [0.2, 0.25) is 0 Å². The molecular formula is C12H19ClN2OS. The van der Waals surface area contributed by atoms with Crippen LogP contribution in [0.4, 0.5) is 0 Å². The summed E-state index contributed by atoms with van der Waals surface area (Å²) in [6, 6.07) is 2.15. The van der Waals surface area contributed by atoms with E-state index in [2.05, 4.69) is 12.2 Å². The molecule has 96 valence electrons. The summed E-state index contributed by atoms with van der Waals surface area (Å²) >= 11 is 1.51. The Morgan fingerprint density at radius 2 is 2.35 bits per heavy atom. The molecule has 0 radical (unpaired) electrons. The van der Waals surface area contributed by atoms with E-state index in [-0.39, 0.29) is 24.4 Å². The predicted octanol–water partition coefficient (Wildman–Crippen LogP) is 2.20. The summed E-state index contributed by atoms with van der Waals surface area (Å²) < 4.78 is 0. The van der Waals surface area contributed by atoms with Gasteiger partial charge in [-0.15, -0.1) is 23.7 Å². The molecule has 1 atom stereocenters. The molecular weight excluding hydrogens is 256 g/mol. The highest BCUT2D eigenvalue weighted by molar-refractivity contribution is 7.12. The molecule has 1 fully saturated rings. The minimum atomic E-state index is 0. The summed E-state index contributed by atoms with van der Waals surface area (Å²) in [5.41, 5.74) is 7.07. The Morgan fingerprint density at radius 1 is 1.65 bits per heavy atom. The molecule has 1 aliphatic carbocycles. The van der Waals surface area contributed by atoms with Crippen molar-refractivity contribution in [2.45, 2.75) is 32.2 Å². The lowest BCUT2D eigenvalue weighted by atomic mass is 10.2. The van der Waals surface area contributed by atoms with Gasteiger partial charge in [0.1, 0.15) is 0 Å². The van der Waals surface area contributed by atoms with E-state index >= 15 is 0 Å². The van der Waals surface area contributed by atoms with Crippen LogP contribution in [0.15, 0.2) is 11.4 Å². The first-order chi connectivity index (χ1) is 7.72. The number of nitrogens with two attached hydrogens (primary N) is 1. The second-order valence-corrected chi connectivity index (χ2v) is 5.26. The Hall–Kier alpha value is -0.580. The van der Waals surface area contributed by atoms with Crippen LogP contribution < -0.4 is 11.1 Å². The normalized spacial score (nSPS) is 16.1. The van der Waals surface area contributed by atoms with Crippen LogP contribution in [-0.2, 0) is 6.42 Å². The molecule has 1 aromatic heterocycles. The monoisotopic (exact) mass is 274 g/mol.